The fraction of sp³-hybridized carbons (Fsp3) is 0.167. The average Bonchev–Trinajstić information content (AvgIpc) is 3.06. The molecule has 5 nitrogen and oxygen atoms in total. The summed E-state index contributed by atoms with van der Waals surface area (Å²) in [7, 11) is 0. The highest BCUT2D eigenvalue weighted by Crippen LogP contribution is 2.33. The van der Waals surface area contributed by atoms with Crippen LogP contribution in [0.15, 0.2) is 34.3 Å². The van der Waals surface area contributed by atoms with Gasteiger partial charge >= 0.3 is 11.8 Å². The molecule has 100 valence electrons. The van der Waals surface area contributed by atoms with Gasteiger partial charge in [-0.2, -0.15) is 11.3 Å². The first-order valence-electron chi connectivity index (χ1n) is 5.40. The molecule has 19 heavy (non-hydrogen) atoms. The number of carbonyl (C=O) groups excluding carboxylic acids is 2. The van der Waals surface area contributed by atoms with Crippen LogP contribution < -0.4 is 11.1 Å². The minimum Gasteiger partial charge on any atom is -0.378 e. The molecule has 2 amide bonds. The van der Waals surface area contributed by atoms with Crippen LogP contribution in [0.2, 0.25) is 0 Å². The number of amides is 2. The lowest BCUT2D eigenvalue weighted by molar-refractivity contribution is -0.137. The van der Waals surface area contributed by atoms with Crippen LogP contribution in [0.3, 0.4) is 0 Å². The maximum absolute atomic E-state index is 11.2. The van der Waals surface area contributed by atoms with Crippen LogP contribution in [-0.4, -0.2) is 23.5 Å². The van der Waals surface area contributed by atoms with Gasteiger partial charge in [0.25, 0.3) is 0 Å². The molecule has 0 saturated heterocycles. The second-order valence-corrected chi connectivity index (χ2v) is 5.62. The van der Waals surface area contributed by atoms with Gasteiger partial charge in [-0.3, -0.25) is 9.59 Å². The minimum atomic E-state index is -1.35. The second-order valence-electron chi connectivity index (χ2n) is 3.90. The van der Waals surface area contributed by atoms with Crippen molar-refractivity contribution in [2.24, 2.45) is 5.73 Å². The number of hydrogen-bond donors (Lipinski definition) is 3. The Kier molecular flexibility index (Phi) is 3.98. The summed E-state index contributed by atoms with van der Waals surface area (Å²) in [6.45, 7) is -0.105. The zero-order valence-electron chi connectivity index (χ0n) is 9.83. The van der Waals surface area contributed by atoms with Gasteiger partial charge in [0.05, 0.1) is 6.54 Å². The average molecular weight is 296 g/mol. The Morgan fingerprint density at radius 3 is 2.68 bits per heavy atom. The molecule has 0 aliphatic rings. The lowest BCUT2D eigenvalue weighted by Crippen LogP contribution is -2.45. The summed E-state index contributed by atoms with van der Waals surface area (Å²) in [5.41, 5.74) is 4.20. The Hall–Kier alpha value is -1.70. The largest absolute Gasteiger partial charge is 0.378 e. The summed E-state index contributed by atoms with van der Waals surface area (Å²) in [6.07, 6.45) is 0. The van der Waals surface area contributed by atoms with E-state index in [1.165, 1.54) is 22.7 Å². The molecule has 4 N–H and O–H groups in total. The van der Waals surface area contributed by atoms with Gasteiger partial charge < -0.3 is 16.2 Å². The number of rotatable bonds is 4. The Balaban J connectivity index is 2.26. The van der Waals surface area contributed by atoms with E-state index in [2.05, 4.69) is 5.32 Å². The standard InChI is InChI=1S/C12H12N2O3S2/c13-10(15)11(16)14-7-12(17,8-3-5-18-6-8)9-2-1-4-19-9/h1-6,17H,7H2,(H2,13,15)(H,14,16)/t12-/m0/s1. The van der Waals surface area contributed by atoms with Gasteiger partial charge in [0.1, 0.15) is 5.60 Å². The summed E-state index contributed by atoms with van der Waals surface area (Å²) in [5, 5.41) is 18.6. The summed E-state index contributed by atoms with van der Waals surface area (Å²) in [6, 6.07) is 5.37. The molecule has 2 rings (SSSR count). The van der Waals surface area contributed by atoms with Crippen molar-refractivity contribution in [1.82, 2.24) is 5.32 Å². The molecule has 2 aromatic heterocycles. The van der Waals surface area contributed by atoms with Crippen LogP contribution in [0.1, 0.15) is 10.4 Å². The van der Waals surface area contributed by atoms with Crippen LogP contribution in [0.4, 0.5) is 0 Å². The van der Waals surface area contributed by atoms with Crippen LogP contribution in [0, 0.1) is 0 Å². The van der Waals surface area contributed by atoms with Crippen molar-refractivity contribution in [2.75, 3.05) is 6.54 Å². The third kappa shape index (κ3) is 2.83. The monoisotopic (exact) mass is 296 g/mol. The number of nitrogens with one attached hydrogen (secondary N) is 1. The predicted molar refractivity (Wildman–Crippen MR) is 73.8 cm³/mol. The van der Waals surface area contributed by atoms with Crippen molar-refractivity contribution in [2.45, 2.75) is 5.60 Å². The van der Waals surface area contributed by atoms with Crippen molar-refractivity contribution in [3.63, 3.8) is 0 Å². The third-order valence-electron chi connectivity index (χ3n) is 2.66. The Morgan fingerprint density at radius 1 is 1.37 bits per heavy atom. The van der Waals surface area contributed by atoms with E-state index in [9.17, 15) is 14.7 Å². The molecule has 0 unspecified atom stereocenters. The minimum absolute atomic E-state index is 0.105. The van der Waals surface area contributed by atoms with E-state index in [0.717, 1.165) is 0 Å². The van der Waals surface area contributed by atoms with E-state index in [4.69, 9.17) is 5.73 Å². The van der Waals surface area contributed by atoms with Crippen LogP contribution >= 0.6 is 22.7 Å². The van der Waals surface area contributed by atoms with Gasteiger partial charge in [-0.15, -0.1) is 11.3 Å². The van der Waals surface area contributed by atoms with E-state index in [0.29, 0.717) is 10.4 Å². The molecule has 0 bridgehead atoms. The molecular formula is C12H12N2O3S2. The second kappa shape index (κ2) is 5.52. The number of primary amides is 1. The first-order chi connectivity index (χ1) is 9.04. The Morgan fingerprint density at radius 2 is 2.16 bits per heavy atom. The smallest absolute Gasteiger partial charge is 0.309 e. The molecule has 7 heteroatoms. The maximum atomic E-state index is 11.2. The molecule has 0 aromatic carbocycles. The fourth-order valence-electron chi connectivity index (χ4n) is 1.64. The first-order valence-corrected chi connectivity index (χ1v) is 7.23. The van der Waals surface area contributed by atoms with Crippen molar-refractivity contribution in [3.05, 3.63) is 44.8 Å². The molecule has 0 aliphatic heterocycles. The summed E-state index contributed by atoms with van der Waals surface area (Å²) in [5.74, 6) is -1.98. The summed E-state index contributed by atoms with van der Waals surface area (Å²) < 4.78 is 0. The topological polar surface area (TPSA) is 92.4 Å². The van der Waals surface area contributed by atoms with E-state index in [1.54, 1.807) is 17.5 Å². The van der Waals surface area contributed by atoms with Crippen molar-refractivity contribution in [1.29, 1.82) is 0 Å². The van der Waals surface area contributed by atoms with Gasteiger partial charge in [0, 0.05) is 10.4 Å². The zero-order valence-corrected chi connectivity index (χ0v) is 11.5. The van der Waals surface area contributed by atoms with Gasteiger partial charge in [-0.25, -0.2) is 0 Å². The van der Waals surface area contributed by atoms with Gasteiger partial charge in [0.2, 0.25) is 0 Å². The molecule has 2 aromatic rings. The molecule has 0 spiro atoms. The predicted octanol–water partition coefficient (Wildman–Crippen LogP) is 0.647. The van der Waals surface area contributed by atoms with E-state index < -0.39 is 17.4 Å². The summed E-state index contributed by atoms with van der Waals surface area (Å²) in [4.78, 5) is 22.7. The van der Waals surface area contributed by atoms with Gasteiger partial charge in [-0.1, -0.05) is 6.07 Å². The number of thiophene rings is 2. The van der Waals surface area contributed by atoms with Gasteiger partial charge in [0.15, 0.2) is 0 Å². The molecule has 1 atom stereocenters. The molecule has 0 radical (unpaired) electrons. The number of aliphatic hydroxyl groups is 1. The molecular weight excluding hydrogens is 284 g/mol. The van der Waals surface area contributed by atoms with E-state index >= 15 is 0 Å². The maximum Gasteiger partial charge on any atom is 0.309 e. The van der Waals surface area contributed by atoms with Crippen LogP contribution in [-0.2, 0) is 15.2 Å². The summed E-state index contributed by atoms with van der Waals surface area (Å²) >= 11 is 2.82. The molecule has 0 fully saturated rings. The third-order valence-corrected chi connectivity index (χ3v) is 4.36. The SMILES string of the molecule is NC(=O)C(=O)NC[C@](O)(c1ccsc1)c1cccs1. The fourth-order valence-corrected chi connectivity index (χ4v) is 3.21. The van der Waals surface area contributed by atoms with Gasteiger partial charge in [-0.05, 0) is 28.3 Å². The highest BCUT2D eigenvalue weighted by atomic mass is 32.1. The van der Waals surface area contributed by atoms with E-state index in [-0.39, 0.29) is 6.54 Å². The Bertz CT molecular complexity index is 530. The number of carbonyl (C=O) groups is 2. The van der Waals surface area contributed by atoms with E-state index in [1.807, 2.05) is 16.8 Å². The highest BCUT2D eigenvalue weighted by Gasteiger charge is 2.34. The van der Waals surface area contributed by atoms with Crippen LogP contribution in [0.5, 0.6) is 0 Å². The zero-order chi connectivity index (χ0) is 13.9. The lowest BCUT2D eigenvalue weighted by Gasteiger charge is -2.26. The van der Waals surface area contributed by atoms with Crippen molar-refractivity contribution in [3.8, 4) is 0 Å². The number of hydrogen-bond acceptors (Lipinski definition) is 5. The van der Waals surface area contributed by atoms with Crippen LogP contribution in [0.25, 0.3) is 0 Å². The Labute approximate surface area is 117 Å². The molecule has 0 aliphatic carbocycles. The van der Waals surface area contributed by atoms with Crippen molar-refractivity contribution < 1.29 is 14.7 Å². The quantitative estimate of drug-likeness (QED) is 0.723. The normalized spacial score (nSPS) is 13.7. The lowest BCUT2D eigenvalue weighted by atomic mass is 9.94. The first kappa shape index (κ1) is 13.7. The number of nitrogens with two attached hydrogens (primary N) is 1. The highest BCUT2D eigenvalue weighted by molar-refractivity contribution is 7.10. The molecule has 0 saturated carbocycles. The van der Waals surface area contributed by atoms with Crippen molar-refractivity contribution >= 4 is 34.5 Å². The molecule has 2 heterocycles.